The molecule has 1 amide bonds. The second-order valence-electron chi connectivity index (χ2n) is 5.38. The fourth-order valence-electron chi connectivity index (χ4n) is 2.27. The number of rotatable bonds is 5. The smallest absolute Gasteiger partial charge is 0.281 e. The van der Waals surface area contributed by atoms with Gasteiger partial charge in [0, 0.05) is 46.0 Å². The van der Waals surface area contributed by atoms with Crippen LogP contribution in [0.25, 0.3) is 0 Å². The molecule has 1 aliphatic rings. The maximum atomic E-state index is 12.0. The van der Waals surface area contributed by atoms with E-state index in [1.807, 2.05) is 35.2 Å². The Labute approximate surface area is 131 Å². The van der Waals surface area contributed by atoms with Gasteiger partial charge in [-0.2, -0.15) is 17.0 Å². The summed E-state index contributed by atoms with van der Waals surface area (Å²) in [6.07, 6.45) is 0. The Bertz CT molecular complexity index is 596. The molecule has 2 rings (SSSR count). The molecule has 1 heterocycles. The van der Waals surface area contributed by atoms with Gasteiger partial charge in [0.25, 0.3) is 10.2 Å². The number of hydrogen-bond acceptors (Lipinski definition) is 4. The van der Waals surface area contributed by atoms with Gasteiger partial charge in [0.2, 0.25) is 5.91 Å². The van der Waals surface area contributed by atoms with Gasteiger partial charge >= 0.3 is 0 Å². The summed E-state index contributed by atoms with van der Waals surface area (Å²) in [5.74, 6) is -0.0879. The number of piperazine rings is 1. The molecule has 22 heavy (non-hydrogen) atoms. The molecule has 0 spiro atoms. The zero-order chi connectivity index (χ0) is 16.2. The Morgan fingerprint density at radius 2 is 1.73 bits per heavy atom. The van der Waals surface area contributed by atoms with Crippen LogP contribution >= 0.6 is 0 Å². The molecule has 122 valence electrons. The van der Waals surface area contributed by atoms with E-state index in [1.54, 1.807) is 0 Å². The van der Waals surface area contributed by atoms with Crippen molar-refractivity contribution in [3.8, 4) is 0 Å². The van der Waals surface area contributed by atoms with Gasteiger partial charge in [0.05, 0.1) is 6.54 Å². The van der Waals surface area contributed by atoms with E-state index >= 15 is 0 Å². The Hall–Kier alpha value is -1.48. The summed E-state index contributed by atoms with van der Waals surface area (Å²) in [5, 5.41) is 2.83. The van der Waals surface area contributed by atoms with Crippen LogP contribution in [-0.4, -0.2) is 74.7 Å². The van der Waals surface area contributed by atoms with Crippen molar-refractivity contribution < 1.29 is 13.2 Å². The van der Waals surface area contributed by atoms with Crippen LogP contribution in [0.4, 0.5) is 5.69 Å². The van der Waals surface area contributed by atoms with Gasteiger partial charge < -0.3 is 5.32 Å². The number of amides is 1. The van der Waals surface area contributed by atoms with Gasteiger partial charge in [0.15, 0.2) is 0 Å². The summed E-state index contributed by atoms with van der Waals surface area (Å²) in [4.78, 5) is 13.9. The van der Waals surface area contributed by atoms with E-state index in [0.29, 0.717) is 26.2 Å². The molecule has 1 saturated heterocycles. The first kappa shape index (κ1) is 16.9. The summed E-state index contributed by atoms with van der Waals surface area (Å²) in [6, 6.07) is 9.28. The normalized spacial score (nSPS) is 17.6. The highest BCUT2D eigenvalue weighted by molar-refractivity contribution is 7.86. The van der Waals surface area contributed by atoms with Crippen molar-refractivity contribution in [2.24, 2.45) is 0 Å². The Kier molecular flexibility index (Phi) is 5.52. The van der Waals surface area contributed by atoms with Crippen LogP contribution in [0.1, 0.15) is 0 Å². The van der Waals surface area contributed by atoms with E-state index in [9.17, 15) is 13.2 Å². The first-order valence-electron chi connectivity index (χ1n) is 7.14. The highest BCUT2D eigenvalue weighted by atomic mass is 32.2. The molecular formula is C14H22N4O3S. The second kappa shape index (κ2) is 7.19. The first-order valence-corrected chi connectivity index (χ1v) is 8.54. The van der Waals surface area contributed by atoms with Gasteiger partial charge in [0.1, 0.15) is 0 Å². The van der Waals surface area contributed by atoms with Crippen molar-refractivity contribution in [3.63, 3.8) is 0 Å². The average Bonchev–Trinajstić information content (AvgIpc) is 2.48. The third kappa shape index (κ3) is 4.26. The zero-order valence-electron chi connectivity index (χ0n) is 12.9. The fraction of sp³-hybridized carbons (Fsp3) is 0.500. The highest BCUT2D eigenvalue weighted by Crippen LogP contribution is 2.10. The molecule has 8 heteroatoms. The van der Waals surface area contributed by atoms with Crippen LogP contribution in [0.3, 0.4) is 0 Å². The minimum atomic E-state index is -3.36. The van der Waals surface area contributed by atoms with Gasteiger partial charge in [-0.15, -0.1) is 0 Å². The maximum Gasteiger partial charge on any atom is 0.281 e. The quantitative estimate of drug-likeness (QED) is 0.830. The van der Waals surface area contributed by atoms with Crippen molar-refractivity contribution in [3.05, 3.63) is 30.3 Å². The van der Waals surface area contributed by atoms with E-state index in [4.69, 9.17) is 0 Å². The number of anilines is 1. The summed E-state index contributed by atoms with van der Waals surface area (Å²) >= 11 is 0. The Morgan fingerprint density at radius 3 is 2.27 bits per heavy atom. The molecule has 0 aromatic heterocycles. The minimum absolute atomic E-state index is 0.0879. The van der Waals surface area contributed by atoms with Gasteiger partial charge in [-0.05, 0) is 12.1 Å². The monoisotopic (exact) mass is 326 g/mol. The molecule has 1 fully saturated rings. The number of nitrogens with one attached hydrogen (secondary N) is 1. The van der Waals surface area contributed by atoms with Crippen LogP contribution in [0.15, 0.2) is 30.3 Å². The van der Waals surface area contributed by atoms with Gasteiger partial charge in [-0.3, -0.25) is 9.69 Å². The Morgan fingerprint density at radius 1 is 1.14 bits per heavy atom. The summed E-state index contributed by atoms with van der Waals surface area (Å²) in [7, 11) is -0.315. The third-order valence-electron chi connectivity index (χ3n) is 3.54. The van der Waals surface area contributed by atoms with Crippen LogP contribution in [0.2, 0.25) is 0 Å². The predicted molar refractivity (Wildman–Crippen MR) is 85.7 cm³/mol. The van der Waals surface area contributed by atoms with Crippen LogP contribution in [0.5, 0.6) is 0 Å². The lowest BCUT2D eigenvalue weighted by molar-refractivity contribution is -0.117. The van der Waals surface area contributed by atoms with Crippen molar-refractivity contribution in [2.75, 3.05) is 52.1 Å². The lowest BCUT2D eigenvalue weighted by Crippen LogP contribution is -2.52. The standard InChI is InChI=1S/C14H22N4O3S/c1-16(2)22(20,21)18-10-8-17(9-11-18)12-14(19)15-13-6-4-3-5-7-13/h3-7H,8-12H2,1-2H3,(H,15,19). The number of hydrogen-bond donors (Lipinski definition) is 1. The van der Waals surface area contributed by atoms with Gasteiger partial charge in [-0.25, -0.2) is 0 Å². The van der Waals surface area contributed by atoms with Gasteiger partial charge in [-0.1, -0.05) is 18.2 Å². The SMILES string of the molecule is CN(C)S(=O)(=O)N1CCN(CC(=O)Nc2ccccc2)CC1. The van der Waals surface area contributed by atoms with E-state index in [-0.39, 0.29) is 12.5 Å². The summed E-state index contributed by atoms with van der Waals surface area (Å²) < 4.78 is 26.7. The lowest BCUT2D eigenvalue weighted by Gasteiger charge is -2.34. The summed E-state index contributed by atoms with van der Waals surface area (Å²) in [6.45, 7) is 2.17. The fourth-order valence-corrected chi connectivity index (χ4v) is 3.36. The van der Waals surface area contributed by atoms with Crippen LogP contribution < -0.4 is 5.32 Å². The van der Waals surface area contributed by atoms with E-state index in [0.717, 1.165) is 5.69 Å². The van der Waals surface area contributed by atoms with Crippen LogP contribution in [0, 0.1) is 0 Å². The molecule has 0 bridgehead atoms. The van der Waals surface area contributed by atoms with Crippen LogP contribution in [-0.2, 0) is 15.0 Å². The lowest BCUT2D eigenvalue weighted by atomic mass is 10.3. The van der Waals surface area contributed by atoms with E-state index in [1.165, 1.54) is 22.7 Å². The number of benzene rings is 1. The van der Waals surface area contributed by atoms with Crippen molar-refractivity contribution >= 4 is 21.8 Å². The molecule has 0 saturated carbocycles. The highest BCUT2D eigenvalue weighted by Gasteiger charge is 2.28. The summed E-state index contributed by atoms with van der Waals surface area (Å²) in [5.41, 5.74) is 0.765. The molecule has 0 radical (unpaired) electrons. The topological polar surface area (TPSA) is 73.0 Å². The molecule has 1 aromatic carbocycles. The van der Waals surface area contributed by atoms with Crippen molar-refractivity contribution in [2.45, 2.75) is 0 Å². The zero-order valence-corrected chi connectivity index (χ0v) is 13.7. The van der Waals surface area contributed by atoms with Crippen molar-refractivity contribution in [1.29, 1.82) is 0 Å². The van der Waals surface area contributed by atoms with E-state index in [2.05, 4.69) is 5.32 Å². The molecule has 7 nitrogen and oxygen atoms in total. The molecule has 1 N–H and O–H groups in total. The maximum absolute atomic E-state index is 12.0. The predicted octanol–water partition coefficient (Wildman–Crippen LogP) is 0.0491. The molecule has 0 aliphatic carbocycles. The number of carbonyl (C=O) groups excluding carboxylic acids is 1. The number of nitrogens with zero attached hydrogens (tertiary/aromatic N) is 3. The van der Waals surface area contributed by atoms with E-state index < -0.39 is 10.2 Å². The van der Waals surface area contributed by atoms with Crippen molar-refractivity contribution in [1.82, 2.24) is 13.5 Å². The average molecular weight is 326 g/mol. The molecular weight excluding hydrogens is 304 g/mol. The Balaban J connectivity index is 1.81. The molecule has 0 unspecified atom stereocenters. The third-order valence-corrected chi connectivity index (χ3v) is 5.48. The molecule has 1 aliphatic heterocycles. The largest absolute Gasteiger partial charge is 0.325 e. The molecule has 1 aromatic rings. The number of para-hydroxylation sites is 1. The molecule has 0 atom stereocenters. The first-order chi connectivity index (χ1) is 10.4. The number of carbonyl (C=O) groups is 1. The second-order valence-corrected chi connectivity index (χ2v) is 7.52. The minimum Gasteiger partial charge on any atom is -0.325 e.